The molecule has 94 valence electrons. The van der Waals surface area contributed by atoms with Crippen LogP contribution in [-0.2, 0) is 13.0 Å². The first-order valence-corrected chi connectivity index (χ1v) is 6.29. The predicted octanol–water partition coefficient (Wildman–Crippen LogP) is 1.95. The number of rotatable bonds is 6. The highest BCUT2D eigenvalue weighted by Crippen LogP contribution is 2.13. The molecular formula is C13H22N4. The lowest BCUT2D eigenvalue weighted by atomic mass is 10.1. The summed E-state index contributed by atoms with van der Waals surface area (Å²) in [6, 6.07) is 2.13. The molecule has 17 heavy (non-hydrogen) atoms. The molecule has 0 aromatic carbocycles. The van der Waals surface area contributed by atoms with Crippen LogP contribution in [0.2, 0.25) is 0 Å². The molecule has 1 unspecified atom stereocenters. The summed E-state index contributed by atoms with van der Waals surface area (Å²) in [5.74, 6) is 0. The van der Waals surface area contributed by atoms with E-state index in [2.05, 4.69) is 37.3 Å². The van der Waals surface area contributed by atoms with Gasteiger partial charge in [-0.2, -0.15) is 10.4 Å². The third-order valence-electron chi connectivity index (χ3n) is 3.04. The molecule has 0 bridgehead atoms. The van der Waals surface area contributed by atoms with Crippen LogP contribution in [0.1, 0.15) is 37.2 Å². The van der Waals surface area contributed by atoms with Crippen molar-refractivity contribution >= 4 is 0 Å². The van der Waals surface area contributed by atoms with Crippen LogP contribution in [-0.4, -0.2) is 22.4 Å². The van der Waals surface area contributed by atoms with Gasteiger partial charge in [0.25, 0.3) is 0 Å². The van der Waals surface area contributed by atoms with Crippen molar-refractivity contribution in [2.75, 3.05) is 6.54 Å². The maximum atomic E-state index is 9.08. The van der Waals surface area contributed by atoms with Gasteiger partial charge in [-0.3, -0.25) is 4.68 Å². The van der Waals surface area contributed by atoms with Crippen molar-refractivity contribution in [3.63, 3.8) is 0 Å². The first kappa shape index (κ1) is 13.7. The highest BCUT2D eigenvalue weighted by atomic mass is 15.3. The van der Waals surface area contributed by atoms with Crippen molar-refractivity contribution in [1.82, 2.24) is 15.1 Å². The zero-order chi connectivity index (χ0) is 12.8. The van der Waals surface area contributed by atoms with Gasteiger partial charge in [0.1, 0.15) is 6.04 Å². The quantitative estimate of drug-likeness (QED) is 0.818. The third kappa shape index (κ3) is 3.31. The second-order valence-electron chi connectivity index (χ2n) is 4.32. The molecule has 1 aromatic rings. The topological polar surface area (TPSA) is 53.6 Å². The van der Waals surface area contributed by atoms with Crippen LogP contribution in [0, 0.1) is 25.2 Å². The first-order chi connectivity index (χ1) is 8.13. The van der Waals surface area contributed by atoms with Gasteiger partial charge in [0.15, 0.2) is 0 Å². The lowest BCUT2D eigenvalue weighted by Crippen LogP contribution is -2.33. The van der Waals surface area contributed by atoms with E-state index in [1.54, 1.807) is 0 Å². The van der Waals surface area contributed by atoms with Crippen LogP contribution in [0.15, 0.2) is 0 Å². The minimum atomic E-state index is -0.155. The monoisotopic (exact) mass is 234 g/mol. The van der Waals surface area contributed by atoms with Gasteiger partial charge in [-0.25, -0.2) is 0 Å². The average Bonchev–Trinajstić information content (AvgIpc) is 2.59. The van der Waals surface area contributed by atoms with E-state index in [-0.39, 0.29) is 6.04 Å². The van der Waals surface area contributed by atoms with Gasteiger partial charge in [0.05, 0.1) is 18.3 Å². The van der Waals surface area contributed by atoms with Crippen molar-refractivity contribution in [2.45, 2.75) is 53.1 Å². The fourth-order valence-corrected chi connectivity index (χ4v) is 2.07. The smallest absolute Gasteiger partial charge is 0.115 e. The van der Waals surface area contributed by atoms with Crippen molar-refractivity contribution in [2.24, 2.45) is 0 Å². The van der Waals surface area contributed by atoms with Crippen LogP contribution in [0.25, 0.3) is 0 Å². The van der Waals surface area contributed by atoms with Crippen molar-refractivity contribution in [3.8, 4) is 6.07 Å². The molecule has 0 aliphatic carbocycles. The third-order valence-corrected chi connectivity index (χ3v) is 3.04. The molecule has 4 nitrogen and oxygen atoms in total. The summed E-state index contributed by atoms with van der Waals surface area (Å²) in [7, 11) is 0. The molecule has 0 amide bonds. The molecule has 1 heterocycles. The van der Waals surface area contributed by atoms with Crippen LogP contribution in [0.4, 0.5) is 0 Å². The number of hydrogen-bond acceptors (Lipinski definition) is 3. The molecule has 0 saturated carbocycles. The molecule has 1 N–H and O–H groups in total. The molecule has 0 fully saturated rings. The maximum absolute atomic E-state index is 9.08. The van der Waals surface area contributed by atoms with E-state index in [4.69, 9.17) is 5.26 Å². The van der Waals surface area contributed by atoms with Gasteiger partial charge in [0.2, 0.25) is 0 Å². The second-order valence-corrected chi connectivity index (χ2v) is 4.32. The summed E-state index contributed by atoms with van der Waals surface area (Å²) >= 11 is 0. The molecule has 4 heteroatoms. The molecule has 0 aliphatic heterocycles. The molecule has 0 saturated heterocycles. The fraction of sp³-hybridized carbons (Fsp3) is 0.692. The van der Waals surface area contributed by atoms with Crippen LogP contribution in [0.3, 0.4) is 0 Å². The zero-order valence-electron chi connectivity index (χ0n) is 11.2. The predicted molar refractivity (Wildman–Crippen MR) is 68.8 cm³/mol. The maximum Gasteiger partial charge on any atom is 0.115 e. The number of nitrogens with zero attached hydrogens (tertiary/aromatic N) is 3. The molecule has 0 spiro atoms. The number of hydrogen-bond donors (Lipinski definition) is 1. The van der Waals surface area contributed by atoms with E-state index in [1.165, 1.54) is 11.3 Å². The van der Waals surface area contributed by atoms with E-state index >= 15 is 0 Å². The Morgan fingerprint density at radius 2 is 2.12 bits per heavy atom. The zero-order valence-corrected chi connectivity index (χ0v) is 11.2. The molecule has 1 aromatic heterocycles. The van der Waals surface area contributed by atoms with Gasteiger partial charge < -0.3 is 5.32 Å². The Balaban J connectivity index is 2.77. The van der Waals surface area contributed by atoms with Crippen LogP contribution < -0.4 is 5.32 Å². The SMILES string of the molecule is CCCNC(C#N)Cn1nc(C)c(CC)c1C. The van der Waals surface area contributed by atoms with Crippen molar-refractivity contribution in [1.29, 1.82) is 5.26 Å². The van der Waals surface area contributed by atoms with Gasteiger partial charge in [-0.1, -0.05) is 13.8 Å². The number of aromatic nitrogens is 2. The van der Waals surface area contributed by atoms with E-state index in [9.17, 15) is 0 Å². The summed E-state index contributed by atoms with van der Waals surface area (Å²) in [5.41, 5.74) is 3.57. The first-order valence-electron chi connectivity index (χ1n) is 6.29. The number of nitriles is 1. The Bertz CT molecular complexity index is 400. The number of nitrogens with one attached hydrogen (secondary N) is 1. The molecule has 1 atom stereocenters. The van der Waals surface area contributed by atoms with Crippen molar-refractivity contribution in [3.05, 3.63) is 17.0 Å². The van der Waals surface area contributed by atoms with E-state index in [0.29, 0.717) is 6.54 Å². The largest absolute Gasteiger partial charge is 0.300 e. The summed E-state index contributed by atoms with van der Waals surface area (Å²) in [5, 5.41) is 16.8. The minimum absolute atomic E-state index is 0.155. The summed E-state index contributed by atoms with van der Waals surface area (Å²) < 4.78 is 1.95. The van der Waals surface area contributed by atoms with Gasteiger partial charge in [-0.05, 0) is 38.8 Å². The Hall–Kier alpha value is -1.34. The summed E-state index contributed by atoms with van der Waals surface area (Å²) in [6.45, 7) is 9.84. The van der Waals surface area contributed by atoms with Gasteiger partial charge in [0, 0.05) is 5.69 Å². The highest BCUT2D eigenvalue weighted by Gasteiger charge is 2.13. The van der Waals surface area contributed by atoms with Crippen LogP contribution >= 0.6 is 0 Å². The van der Waals surface area contributed by atoms with Crippen molar-refractivity contribution < 1.29 is 0 Å². The van der Waals surface area contributed by atoms with E-state index in [1.807, 2.05) is 11.6 Å². The lowest BCUT2D eigenvalue weighted by molar-refractivity contribution is 0.482. The normalized spacial score (nSPS) is 12.4. The lowest BCUT2D eigenvalue weighted by Gasteiger charge is -2.12. The van der Waals surface area contributed by atoms with Gasteiger partial charge in [-0.15, -0.1) is 0 Å². The Kier molecular flexibility index (Phi) is 5.17. The van der Waals surface area contributed by atoms with E-state index < -0.39 is 0 Å². The second kappa shape index (κ2) is 6.41. The summed E-state index contributed by atoms with van der Waals surface area (Å²) in [6.07, 6.45) is 2.03. The molecule has 1 rings (SSSR count). The fourth-order valence-electron chi connectivity index (χ4n) is 2.07. The summed E-state index contributed by atoms with van der Waals surface area (Å²) in [4.78, 5) is 0. The Labute approximate surface area is 104 Å². The molecular weight excluding hydrogens is 212 g/mol. The Morgan fingerprint density at radius 1 is 1.41 bits per heavy atom. The van der Waals surface area contributed by atoms with Gasteiger partial charge >= 0.3 is 0 Å². The molecule has 0 aliphatic rings. The average molecular weight is 234 g/mol. The number of aryl methyl sites for hydroxylation is 1. The Morgan fingerprint density at radius 3 is 2.59 bits per heavy atom. The highest BCUT2D eigenvalue weighted by molar-refractivity contribution is 5.24. The van der Waals surface area contributed by atoms with Crippen LogP contribution in [0.5, 0.6) is 0 Å². The van der Waals surface area contributed by atoms with E-state index in [0.717, 1.165) is 25.1 Å². The molecule has 0 radical (unpaired) electrons. The minimum Gasteiger partial charge on any atom is -0.300 e. The standard InChI is InChI=1S/C13H22N4/c1-5-7-15-12(8-14)9-17-11(4)13(6-2)10(3)16-17/h12,15H,5-7,9H2,1-4H3.